The summed E-state index contributed by atoms with van der Waals surface area (Å²) in [6.07, 6.45) is 1.66. The van der Waals surface area contributed by atoms with Crippen LogP contribution in [0, 0.1) is 0 Å². The number of rotatable bonds is 6. The molecule has 0 spiro atoms. The summed E-state index contributed by atoms with van der Waals surface area (Å²) in [4.78, 5) is 23.2. The third-order valence-corrected chi connectivity index (χ3v) is 4.25. The molecule has 6 heteroatoms. The Hall–Kier alpha value is -1.59. The van der Waals surface area contributed by atoms with Crippen LogP contribution in [0.2, 0.25) is 5.02 Å². The minimum atomic E-state index is -0.857. The summed E-state index contributed by atoms with van der Waals surface area (Å²) in [5, 5.41) is 12.1. The summed E-state index contributed by atoms with van der Waals surface area (Å²) in [6.45, 7) is 1.40. The Morgan fingerprint density at radius 1 is 1.32 bits per heavy atom. The van der Waals surface area contributed by atoms with E-state index in [0.717, 1.165) is 5.56 Å². The molecule has 1 aliphatic rings. The van der Waals surface area contributed by atoms with Crippen molar-refractivity contribution in [2.24, 2.45) is 0 Å². The van der Waals surface area contributed by atoms with E-state index in [2.05, 4.69) is 5.32 Å². The zero-order chi connectivity index (χ0) is 16.0. The second-order valence-corrected chi connectivity index (χ2v) is 5.89. The average molecular weight is 326 g/mol. The molecule has 0 atom stereocenters. The first-order valence-electron chi connectivity index (χ1n) is 7.38. The van der Waals surface area contributed by atoms with Crippen molar-refractivity contribution in [2.45, 2.75) is 31.1 Å². The van der Waals surface area contributed by atoms with Crippen LogP contribution >= 0.6 is 11.6 Å². The van der Waals surface area contributed by atoms with Crippen molar-refractivity contribution in [3.05, 3.63) is 34.9 Å². The lowest BCUT2D eigenvalue weighted by molar-refractivity contribution is -0.137. The Balaban J connectivity index is 2.11. The third-order valence-electron chi connectivity index (χ3n) is 4.01. The zero-order valence-corrected chi connectivity index (χ0v) is 13.1. The molecule has 1 aliphatic heterocycles. The van der Waals surface area contributed by atoms with Crippen molar-refractivity contribution in [1.82, 2.24) is 5.32 Å². The third kappa shape index (κ3) is 3.99. The van der Waals surface area contributed by atoms with Gasteiger partial charge in [0.15, 0.2) is 0 Å². The lowest BCUT2D eigenvalue weighted by atomic mass is 9.73. The molecule has 1 heterocycles. The van der Waals surface area contributed by atoms with Gasteiger partial charge in [0.1, 0.15) is 0 Å². The van der Waals surface area contributed by atoms with Crippen LogP contribution < -0.4 is 5.32 Å². The molecule has 1 fully saturated rings. The van der Waals surface area contributed by atoms with Crippen LogP contribution in [0.5, 0.6) is 0 Å². The van der Waals surface area contributed by atoms with E-state index in [0.29, 0.717) is 44.0 Å². The first-order chi connectivity index (χ1) is 10.5. The largest absolute Gasteiger partial charge is 0.481 e. The molecule has 0 unspecified atom stereocenters. The molecule has 1 saturated heterocycles. The molecule has 1 amide bonds. The van der Waals surface area contributed by atoms with Gasteiger partial charge in [-0.2, -0.15) is 0 Å². The molecule has 1 aromatic rings. The van der Waals surface area contributed by atoms with Crippen LogP contribution in [0.3, 0.4) is 0 Å². The summed E-state index contributed by atoms with van der Waals surface area (Å²) in [5.41, 5.74) is 0.242. The molecule has 0 radical (unpaired) electrons. The highest BCUT2D eigenvalue weighted by molar-refractivity contribution is 6.30. The number of carbonyl (C=O) groups excluding carboxylic acids is 1. The smallest absolute Gasteiger partial charge is 0.303 e. The second kappa shape index (κ2) is 7.61. The van der Waals surface area contributed by atoms with Crippen LogP contribution in [-0.2, 0) is 19.7 Å². The van der Waals surface area contributed by atoms with Gasteiger partial charge in [0.2, 0.25) is 5.91 Å². The van der Waals surface area contributed by atoms with Crippen molar-refractivity contribution in [3.8, 4) is 0 Å². The molecule has 0 aromatic heterocycles. The molecule has 2 N–H and O–H groups in total. The number of hydrogen-bond acceptors (Lipinski definition) is 3. The molecule has 0 bridgehead atoms. The second-order valence-electron chi connectivity index (χ2n) is 5.46. The van der Waals surface area contributed by atoms with Gasteiger partial charge in [-0.1, -0.05) is 23.7 Å². The van der Waals surface area contributed by atoms with Crippen LogP contribution in [0.15, 0.2) is 24.3 Å². The summed E-state index contributed by atoms with van der Waals surface area (Å²) >= 11 is 6.06. The van der Waals surface area contributed by atoms with E-state index in [1.807, 2.05) is 18.2 Å². The molecular weight excluding hydrogens is 306 g/mol. The first kappa shape index (κ1) is 16.8. The van der Waals surface area contributed by atoms with Gasteiger partial charge >= 0.3 is 5.97 Å². The predicted octanol–water partition coefficient (Wildman–Crippen LogP) is 2.37. The van der Waals surface area contributed by atoms with Gasteiger partial charge in [-0.05, 0) is 37.0 Å². The lowest BCUT2D eigenvalue weighted by Gasteiger charge is -2.36. The number of halogens is 1. The summed E-state index contributed by atoms with van der Waals surface area (Å²) in [6, 6.07) is 7.35. The maximum absolute atomic E-state index is 12.7. The number of carbonyl (C=O) groups is 2. The lowest BCUT2D eigenvalue weighted by Crippen LogP contribution is -2.48. The van der Waals surface area contributed by atoms with Crippen LogP contribution in [-0.4, -0.2) is 36.7 Å². The summed E-state index contributed by atoms with van der Waals surface area (Å²) in [7, 11) is 0. The fraction of sp³-hybridized carbons (Fsp3) is 0.500. The van der Waals surface area contributed by atoms with E-state index >= 15 is 0 Å². The van der Waals surface area contributed by atoms with Crippen molar-refractivity contribution in [1.29, 1.82) is 0 Å². The summed E-state index contributed by atoms with van der Waals surface area (Å²) in [5.74, 6) is -0.937. The van der Waals surface area contributed by atoms with Crippen molar-refractivity contribution in [2.75, 3.05) is 19.8 Å². The Bertz CT molecular complexity index is 541. The number of carboxylic acids is 1. The normalized spacial score (nSPS) is 17.0. The maximum Gasteiger partial charge on any atom is 0.303 e. The monoisotopic (exact) mass is 325 g/mol. The highest BCUT2D eigenvalue weighted by Gasteiger charge is 2.41. The number of hydrogen-bond donors (Lipinski definition) is 2. The van der Waals surface area contributed by atoms with E-state index in [-0.39, 0.29) is 12.3 Å². The van der Waals surface area contributed by atoms with Crippen molar-refractivity contribution in [3.63, 3.8) is 0 Å². The first-order valence-corrected chi connectivity index (χ1v) is 7.76. The zero-order valence-electron chi connectivity index (χ0n) is 12.3. The van der Waals surface area contributed by atoms with Crippen LogP contribution in [0.4, 0.5) is 0 Å². The van der Waals surface area contributed by atoms with Crippen molar-refractivity contribution >= 4 is 23.5 Å². The number of carboxylic acid groups (broad SMARTS) is 1. The number of amides is 1. The van der Waals surface area contributed by atoms with E-state index < -0.39 is 11.4 Å². The summed E-state index contributed by atoms with van der Waals surface area (Å²) < 4.78 is 5.39. The number of ether oxygens (including phenoxy) is 1. The highest BCUT2D eigenvalue weighted by Crippen LogP contribution is 2.36. The minimum Gasteiger partial charge on any atom is -0.481 e. The van der Waals surface area contributed by atoms with E-state index in [1.165, 1.54) is 0 Å². The Morgan fingerprint density at radius 3 is 2.68 bits per heavy atom. The SMILES string of the molecule is O=C(O)CCCNC(=O)C1(c2cccc(Cl)c2)CCOCC1. The molecule has 22 heavy (non-hydrogen) atoms. The molecule has 0 saturated carbocycles. The minimum absolute atomic E-state index is 0.0492. The molecule has 2 rings (SSSR count). The van der Waals surface area contributed by atoms with Gasteiger partial charge in [0.05, 0.1) is 5.41 Å². The van der Waals surface area contributed by atoms with Crippen LogP contribution in [0.1, 0.15) is 31.2 Å². The van der Waals surface area contributed by atoms with Crippen molar-refractivity contribution < 1.29 is 19.4 Å². The fourth-order valence-electron chi connectivity index (χ4n) is 2.76. The molecule has 1 aromatic carbocycles. The fourth-order valence-corrected chi connectivity index (χ4v) is 2.95. The average Bonchev–Trinajstić information content (AvgIpc) is 2.52. The highest BCUT2D eigenvalue weighted by atomic mass is 35.5. The Kier molecular flexibility index (Phi) is 5.80. The van der Waals surface area contributed by atoms with Gasteiger partial charge in [-0.3, -0.25) is 9.59 Å². The van der Waals surface area contributed by atoms with Gasteiger partial charge in [0, 0.05) is 31.2 Å². The van der Waals surface area contributed by atoms with Gasteiger partial charge in [0.25, 0.3) is 0 Å². The quantitative estimate of drug-likeness (QED) is 0.787. The van der Waals surface area contributed by atoms with Gasteiger partial charge in [-0.25, -0.2) is 0 Å². The molecule has 5 nitrogen and oxygen atoms in total. The van der Waals surface area contributed by atoms with E-state index in [9.17, 15) is 9.59 Å². The van der Waals surface area contributed by atoms with Crippen LogP contribution in [0.25, 0.3) is 0 Å². The Labute approximate surface area is 134 Å². The number of aliphatic carboxylic acids is 1. The molecule has 120 valence electrons. The predicted molar refractivity (Wildman–Crippen MR) is 83.1 cm³/mol. The van der Waals surface area contributed by atoms with Gasteiger partial charge < -0.3 is 15.2 Å². The number of benzene rings is 1. The van der Waals surface area contributed by atoms with E-state index in [4.69, 9.17) is 21.4 Å². The topological polar surface area (TPSA) is 75.6 Å². The Morgan fingerprint density at radius 2 is 2.05 bits per heavy atom. The van der Waals surface area contributed by atoms with E-state index in [1.54, 1.807) is 6.07 Å². The maximum atomic E-state index is 12.7. The molecular formula is C16H20ClNO4. The number of nitrogens with one attached hydrogen (secondary N) is 1. The standard InChI is InChI=1S/C16H20ClNO4/c17-13-4-1-3-12(11-13)16(6-9-22-10-7-16)15(21)18-8-2-5-14(19)20/h1,3-4,11H,2,5-10H2,(H,18,21)(H,19,20). The van der Waals surface area contributed by atoms with Gasteiger partial charge in [-0.15, -0.1) is 0 Å². The molecule has 0 aliphatic carbocycles.